The summed E-state index contributed by atoms with van der Waals surface area (Å²) < 4.78 is 5.37. The number of aliphatic carboxylic acids is 1. The van der Waals surface area contributed by atoms with Crippen molar-refractivity contribution in [2.24, 2.45) is 11.8 Å². The Morgan fingerprint density at radius 2 is 2.09 bits per heavy atom. The van der Waals surface area contributed by atoms with Crippen LogP contribution in [0.2, 0.25) is 0 Å². The number of para-hydroxylation sites is 1. The lowest BCUT2D eigenvalue weighted by atomic mass is 9.97. The maximum absolute atomic E-state index is 12.6. The molecule has 0 spiro atoms. The van der Waals surface area contributed by atoms with Crippen molar-refractivity contribution in [2.45, 2.75) is 25.2 Å². The lowest BCUT2D eigenvalue weighted by molar-refractivity contribution is -0.146. The molecule has 1 heterocycles. The van der Waals surface area contributed by atoms with Crippen molar-refractivity contribution in [2.75, 3.05) is 20.2 Å². The van der Waals surface area contributed by atoms with Gasteiger partial charge in [0.15, 0.2) is 0 Å². The topological polar surface area (TPSA) is 66.8 Å². The van der Waals surface area contributed by atoms with E-state index in [9.17, 15) is 9.59 Å². The fraction of sp³-hybridized carbons (Fsp3) is 0.529. The average molecular weight is 303 g/mol. The van der Waals surface area contributed by atoms with Gasteiger partial charge in [0, 0.05) is 19.0 Å². The molecule has 5 heteroatoms. The minimum atomic E-state index is -0.797. The Morgan fingerprint density at radius 1 is 1.32 bits per heavy atom. The monoisotopic (exact) mass is 303 g/mol. The van der Waals surface area contributed by atoms with E-state index in [1.165, 1.54) is 0 Å². The van der Waals surface area contributed by atoms with E-state index in [0.29, 0.717) is 19.5 Å². The summed E-state index contributed by atoms with van der Waals surface area (Å²) in [5.41, 5.74) is 1.08. The zero-order chi connectivity index (χ0) is 15.7. The molecule has 3 atom stereocenters. The van der Waals surface area contributed by atoms with E-state index in [1.54, 1.807) is 12.0 Å². The molecule has 1 amide bonds. The first-order valence-electron chi connectivity index (χ1n) is 7.76. The molecule has 1 aliphatic carbocycles. The third kappa shape index (κ3) is 2.80. The molecule has 2 aliphatic rings. The number of hydrogen-bond acceptors (Lipinski definition) is 3. The Kier molecular flexibility index (Phi) is 4.05. The molecular formula is C17H21NO4. The van der Waals surface area contributed by atoms with Crippen LogP contribution in [0.1, 0.15) is 30.7 Å². The van der Waals surface area contributed by atoms with Crippen molar-refractivity contribution in [3.05, 3.63) is 29.8 Å². The second kappa shape index (κ2) is 5.99. The molecule has 0 radical (unpaired) electrons. The SMILES string of the molecule is COc1ccccc1[C@@H]1C[C@@H]1C(=O)N1CCC[C@@H](C(=O)O)C1. The Morgan fingerprint density at radius 3 is 2.82 bits per heavy atom. The van der Waals surface area contributed by atoms with Crippen LogP contribution in [0.5, 0.6) is 5.75 Å². The number of methoxy groups -OCH3 is 1. The maximum Gasteiger partial charge on any atom is 0.308 e. The van der Waals surface area contributed by atoms with Crippen LogP contribution in [-0.4, -0.2) is 42.1 Å². The summed E-state index contributed by atoms with van der Waals surface area (Å²) in [5, 5.41) is 9.14. The van der Waals surface area contributed by atoms with Gasteiger partial charge < -0.3 is 14.7 Å². The van der Waals surface area contributed by atoms with Crippen LogP contribution >= 0.6 is 0 Å². The molecule has 1 aliphatic heterocycles. The molecule has 3 rings (SSSR count). The van der Waals surface area contributed by atoms with Crippen LogP contribution in [0.15, 0.2) is 24.3 Å². The van der Waals surface area contributed by atoms with Crippen molar-refractivity contribution in [1.29, 1.82) is 0 Å². The highest BCUT2D eigenvalue weighted by Gasteiger charge is 2.47. The first-order chi connectivity index (χ1) is 10.6. The molecule has 0 unspecified atom stereocenters. The predicted molar refractivity (Wildman–Crippen MR) is 80.8 cm³/mol. The highest BCUT2D eigenvalue weighted by molar-refractivity contribution is 5.84. The Labute approximate surface area is 129 Å². The van der Waals surface area contributed by atoms with Crippen LogP contribution < -0.4 is 4.74 Å². The van der Waals surface area contributed by atoms with Crippen LogP contribution in [-0.2, 0) is 9.59 Å². The van der Waals surface area contributed by atoms with E-state index in [0.717, 1.165) is 24.2 Å². The van der Waals surface area contributed by atoms with E-state index >= 15 is 0 Å². The smallest absolute Gasteiger partial charge is 0.308 e. The van der Waals surface area contributed by atoms with Crippen LogP contribution in [0, 0.1) is 11.8 Å². The number of hydrogen-bond donors (Lipinski definition) is 1. The fourth-order valence-corrected chi connectivity index (χ4v) is 3.40. The number of carbonyl (C=O) groups excluding carboxylic acids is 1. The van der Waals surface area contributed by atoms with Crippen molar-refractivity contribution in [3.63, 3.8) is 0 Å². The van der Waals surface area contributed by atoms with Crippen molar-refractivity contribution >= 4 is 11.9 Å². The van der Waals surface area contributed by atoms with Gasteiger partial charge in [-0.05, 0) is 36.8 Å². The molecule has 0 bridgehead atoms. The third-order valence-electron chi connectivity index (χ3n) is 4.73. The van der Waals surface area contributed by atoms with E-state index in [-0.39, 0.29) is 17.7 Å². The number of benzene rings is 1. The van der Waals surface area contributed by atoms with Crippen molar-refractivity contribution < 1.29 is 19.4 Å². The van der Waals surface area contributed by atoms with Crippen LogP contribution in [0.25, 0.3) is 0 Å². The number of carbonyl (C=O) groups is 2. The van der Waals surface area contributed by atoms with Gasteiger partial charge in [0.05, 0.1) is 13.0 Å². The zero-order valence-electron chi connectivity index (χ0n) is 12.7. The van der Waals surface area contributed by atoms with Crippen LogP contribution in [0.4, 0.5) is 0 Å². The normalized spacial score (nSPS) is 27.3. The van der Waals surface area contributed by atoms with E-state index < -0.39 is 11.9 Å². The van der Waals surface area contributed by atoms with Gasteiger partial charge in [0.1, 0.15) is 5.75 Å². The number of nitrogens with zero attached hydrogens (tertiary/aromatic N) is 1. The maximum atomic E-state index is 12.6. The highest BCUT2D eigenvalue weighted by Crippen LogP contribution is 2.51. The number of ether oxygens (including phenoxy) is 1. The number of rotatable bonds is 4. The molecule has 0 aromatic heterocycles. The zero-order valence-corrected chi connectivity index (χ0v) is 12.7. The molecule has 118 valence electrons. The minimum absolute atomic E-state index is 0.0242. The van der Waals surface area contributed by atoms with Gasteiger partial charge in [-0.25, -0.2) is 0 Å². The standard InChI is InChI=1S/C17H21NO4/c1-22-15-7-3-2-6-12(15)13-9-14(13)16(19)18-8-4-5-11(10-18)17(20)21/h2-3,6-7,11,13-14H,4-5,8-10H2,1H3,(H,20,21)/t11-,13+,14+/m1/s1. The molecular weight excluding hydrogens is 282 g/mol. The summed E-state index contributed by atoms with van der Waals surface area (Å²) in [6, 6.07) is 7.80. The summed E-state index contributed by atoms with van der Waals surface area (Å²) >= 11 is 0. The molecule has 1 N–H and O–H groups in total. The van der Waals surface area contributed by atoms with Gasteiger partial charge in [-0.15, -0.1) is 0 Å². The first-order valence-corrected chi connectivity index (χ1v) is 7.76. The second-order valence-corrected chi connectivity index (χ2v) is 6.15. The molecule has 2 fully saturated rings. The largest absolute Gasteiger partial charge is 0.496 e. The summed E-state index contributed by atoms with van der Waals surface area (Å²) in [6.45, 7) is 1.03. The van der Waals surface area contributed by atoms with Crippen molar-refractivity contribution in [3.8, 4) is 5.75 Å². The molecule has 5 nitrogen and oxygen atoms in total. The van der Waals surface area contributed by atoms with E-state index in [2.05, 4.69) is 0 Å². The summed E-state index contributed by atoms with van der Waals surface area (Å²) in [6.07, 6.45) is 2.27. The minimum Gasteiger partial charge on any atom is -0.496 e. The molecule has 1 aromatic carbocycles. The quantitative estimate of drug-likeness (QED) is 0.925. The number of carboxylic acid groups (broad SMARTS) is 1. The Bertz CT molecular complexity index is 586. The van der Waals surface area contributed by atoms with Crippen molar-refractivity contribution in [1.82, 2.24) is 4.90 Å². The predicted octanol–water partition coefficient (Wildman–Crippen LogP) is 2.12. The number of likely N-dealkylation sites (tertiary alicyclic amines) is 1. The Hall–Kier alpha value is -2.04. The Balaban J connectivity index is 1.66. The molecule has 1 saturated heterocycles. The number of piperidine rings is 1. The third-order valence-corrected chi connectivity index (χ3v) is 4.73. The second-order valence-electron chi connectivity index (χ2n) is 6.15. The average Bonchev–Trinajstić information content (AvgIpc) is 3.34. The first kappa shape index (κ1) is 14.9. The van der Waals surface area contributed by atoms with Crippen LogP contribution in [0.3, 0.4) is 0 Å². The van der Waals surface area contributed by atoms with E-state index in [1.807, 2.05) is 24.3 Å². The number of carboxylic acids is 1. The van der Waals surface area contributed by atoms with Gasteiger partial charge >= 0.3 is 5.97 Å². The molecule has 22 heavy (non-hydrogen) atoms. The lowest BCUT2D eigenvalue weighted by Crippen LogP contribution is -2.43. The van der Waals surface area contributed by atoms with Gasteiger partial charge in [0.2, 0.25) is 5.91 Å². The van der Waals surface area contributed by atoms with Gasteiger partial charge in [0.25, 0.3) is 0 Å². The van der Waals surface area contributed by atoms with Gasteiger partial charge in [-0.2, -0.15) is 0 Å². The summed E-state index contributed by atoms with van der Waals surface area (Å²) in [5.74, 6) is -0.111. The summed E-state index contributed by atoms with van der Waals surface area (Å²) in [7, 11) is 1.64. The lowest BCUT2D eigenvalue weighted by Gasteiger charge is -2.31. The summed E-state index contributed by atoms with van der Waals surface area (Å²) in [4.78, 5) is 25.5. The van der Waals surface area contributed by atoms with Gasteiger partial charge in [-0.1, -0.05) is 18.2 Å². The molecule has 1 saturated carbocycles. The van der Waals surface area contributed by atoms with E-state index in [4.69, 9.17) is 9.84 Å². The fourth-order valence-electron chi connectivity index (χ4n) is 3.40. The highest BCUT2D eigenvalue weighted by atomic mass is 16.5. The van der Waals surface area contributed by atoms with Gasteiger partial charge in [-0.3, -0.25) is 9.59 Å². The number of amides is 1. The molecule has 1 aromatic rings.